The lowest BCUT2D eigenvalue weighted by Gasteiger charge is -2.13. The fourth-order valence-electron chi connectivity index (χ4n) is 1.45. The molecule has 5 nitrogen and oxygen atoms in total. The summed E-state index contributed by atoms with van der Waals surface area (Å²) in [7, 11) is 0. The van der Waals surface area contributed by atoms with Crippen molar-refractivity contribution in [1.29, 1.82) is 0 Å². The van der Waals surface area contributed by atoms with Gasteiger partial charge in [-0.25, -0.2) is 0 Å². The Labute approximate surface area is 104 Å². The van der Waals surface area contributed by atoms with Crippen molar-refractivity contribution in [2.45, 2.75) is 46.1 Å². The molecule has 0 aromatic rings. The summed E-state index contributed by atoms with van der Waals surface area (Å²) in [6, 6.07) is 0.197. The van der Waals surface area contributed by atoms with Crippen LogP contribution in [0.2, 0.25) is 0 Å². The molecule has 1 atom stereocenters. The molecule has 0 aliphatic heterocycles. The van der Waals surface area contributed by atoms with Crippen LogP contribution in [0.4, 0.5) is 0 Å². The number of carbonyl (C=O) groups excluding carboxylic acids is 2. The lowest BCUT2D eigenvalue weighted by Crippen LogP contribution is -2.42. The average Bonchev–Trinajstić information content (AvgIpc) is 2.26. The van der Waals surface area contributed by atoms with Crippen molar-refractivity contribution in [1.82, 2.24) is 16.0 Å². The Morgan fingerprint density at radius 1 is 1.06 bits per heavy atom. The third kappa shape index (κ3) is 9.81. The van der Waals surface area contributed by atoms with Crippen molar-refractivity contribution in [3.63, 3.8) is 0 Å². The molecule has 0 fully saturated rings. The van der Waals surface area contributed by atoms with Gasteiger partial charge >= 0.3 is 0 Å². The van der Waals surface area contributed by atoms with Gasteiger partial charge in [-0.2, -0.15) is 0 Å². The molecule has 0 saturated carbocycles. The quantitative estimate of drug-likeness (QED) is 0.549. The zero-order valence-corrected chi connectivity index (χ0v) is 11.1. The first-order valence-electron chi connectivity index (χ1n) is 6.36. The summed E-state index contributed by atoms with van der Waals surface area (Å²) in [5.41, 5.74) is 0. The molecule has 0 heterocycles. The Balaban J connectivity index is 3.53. The molecule has 0 aromatic carbocycles. The van der Waals surface area contributed by atoms with Gasteiger partial charge in [0.1, 0.15) is 0 Å². The van der Waals surface area contributed by atoms with E-state index in [0.29, 0.717) is 6.54 Å². The third-order valence-electron chi connectivity index (χ3n) is 2.27. The molecule has 0 aliphatic carbocycles. The molecule has 3 N–H and O–H groups in total. The highest BCUT2D eigenvalue weighted by Gasteiger charge is 2.06. The molecule has 0 saturated heterocycles. The average molecular weight is 243 g/mol. The fourth-order valence-corrected chi connectivity index (χ4v) is 1.45. The van der Waals surface area contributed by atoms with Gasteiger partial charge in [-0.3, -0.25) is 14.9 Å². The Bertz CT molecular complexity index is 232. The lowest BCUT2D eigenvalue weighted by atomic mass is 10.2. The second kappa shape index (κ2) is 10.1. The largest absolute Gasteiger partial charge is 0.355 e. The van der Waals surface area contributed by atoms with Crippen LogP contribution < -0.4 is 16.0 Å². The number of nitrogens with one attached hydrogen (secondary N) is 3. The number of carbonyl (C=O) groups is 2. The molecule has 17 heavy (non-hydrogen) atoms. The van der Waals surface area contributed by atoms with Gasteiger partial charge in [-0.1, -0.05) is 20.3 Å². The normalized spacial score (nSPS) is 11.9. The molecule has 0 bridgehead atoms. The van der Waals surface area contributed by atoms with Crippen LogP contribution in [-0.2, 0) is 9.59 Å². The minimum Gasteiger partial charge on any atom is -0.355 e. The number of rotatable bonds is 9. The highest BCUT2D eigenvalue weighted by atomic mass is 16.2. The Hall–Kier alpha value is -1.10. The first-order chi connectivity index (χ1) is 8.10. The molecule has 0 aliphatic rings. The van der Waals surface area contributed by atoms with E-state index in [9.17, 15) is 9.59 Å². The number of amides is 2. The maximum absolute atomic E-state index is 11.4. The summed E-state index contributed by atoms with van der Waals surface area (Å²) in [6.07, 6.45) is 2.94. The number of hydrogen-bond acceptors (Lipinski definition) is 3. The summed E-state index contributed by atoms with van der Waals surface area (Å²) in [5, 5.41) is 8.42. The van der Waals surface area contributed by atoms with Crippen molar-refractivity contribution in [2.75, 3.05) is 19.6 Å². The fraction of sp³-hybridized carbons (Fsp3) is 0.833. The van der Waals surface area contributed by atoms with Crippen molar-refractivity contribution >= 4 is 11.8 Å². The predicted octanol–water partition coefficient (Wildman–Crippen LogP) is 0.407. The van der Waals surface area contributed by atoms with Crippen molar-refractivity contribution in [3.05, 3.63) is 0 Å². The van der Waals surface area contributed by atoms with E-state index in [4.69, 9.17) is 0 Å². The second-order valence-corrected chi connectivity index (χ2v) is 4.21. The molecule has 100 valence electrons. The minimum absolute atomic E-state index is 0.0609. The van der Waals surface area contributed by atoms with Crippen LogP contribution in [0.25, 0.3) is 0 Å². The molecular formula is C12H25N3O2. The summed E-state index contributed by atoms with van der Waals surface area (Å²) < 4.78 is 0. The van der Waals surface area contributed by atoms with Gasteiger partial charge < -0.3 is 10.6 Å². The molecule has 0 radical (unpaired) electrons. The van der Waals surface area contributed by atoms with Crippen LogP contribution in [0.15, 0.2) is 0 Å². The van der Waals surface area contributed by atoms with Crippen LogP contribution in [0.3, 0.4) is 0 Å². The van der Waals surface area contributed by atoms with Crippen LogP contribution in [0.1, 0.15) is 40.0 Å². The van der Waals surface area contributed by atoms with Gasteiger partial charge in [0, 0.05) is 12.6 Å². The van der Waals surface area contributed by atoms with Gasteiger partial charge in [0.05, 0.1) is 13.1 Å². The molecular weight excluding hydrogens is 218 g/mol. The topological polar surface area (TPSA) is 70.2 Å². The van der Waals surface area contributed by atoms with Gasteiger partial charge in [0.25, 0.3) is 0 Å². The Kier molecular flexibility index (Phi) is 9.43. The van der Waals surface area contributed by atoms with E-state index in [2.05, 4.69) is 22.9 Å². The maximum Gasteiger partial charge on any atom is 0.234 e. The van der Waals surface area contributed by atoms with Gasteiger partial charge in [-0.15, -0.1) is 0 Å². The summed E-state index contributed by atoms with van der Waals surface area (Å²) in [4.78, 5) is 22.6. The standard InChI is InChI=1S/C12H25N3O2/c1-4-6-10(3)15-12(17)9-13-8-11(16)14-7-5-2/h10,13H,4-9H2,1-3H3,(H,14,16)(H,15,17). The van der Waals surface area contributed by atoms with E-state index >= 15 is 0 Å². The molecule has 0 spiro atoms. The van der Waals surface area contributed by atoms with E-state index in [1.165, 1.54) is 0 Å². The summed E-state index contributed by atoms with van der Waals surface area (Å²) >= 11 is 0. The number of hydrogen-bond donors (Lipinski definition) is 3. The van der Waals surface area contributed by atoms with Crippen molar-refractivity contribution in [2.24, 2.45) is 0 Å². The van der Waals surface area contributed by atoms with E-state index in [1.807, 2.05) is 13.8 Å². The van der Waals surface area contributed by atoms with Crippen LogP contribution in [0.5, 0.6) is 0 Å². The Morgan fingerprint density at radius 2 is 1.71 bits per heavy atom. The molecule has 0 aromatic heterocycles. The predicted molar refractivity (Wildman–Crippen MR) is 68.7 cm³/mol. The van der Waals surface area contributed by atoms with E-state index in [0.717, 1.165) is 19.3 Å². The summed E-state index contributed by atoms with van der Waals surface area (Å²) in [6.45, 7) is 7.12. The monoisotopic (exact) mass is 243 g/mol. The van der Waals surface area contributed by atoms with Crippen molar-refractivity contribution < 1.29 is 9.59 Å². The van der Waals surface area contributed by atoms with Crippen LogP contribution in [0, 0.1) is 0 Å². The molecule has 0 rings (SSSR count). The lowest BCUT2D eigenvalue weighted by molar-refractivity contribution is -0.121. The van der Waals surface area contributed by atoms with Gasteiger partial charge in [-0.05, 0) is 19.8 Å². The van der Waals surface area contributed by atoms with Crippen LogP contribution in [-0.4, -0.2) is 37.5 Å². The van der Waals surface area contributed by atoms with Gasteiger partial charge in [0.2, 0.25) is 11.8 Å². The molecule has 2 amide bonds. The zero-order valence-electron chi connectivity index (χ0n) is 11.1. The third-order valence-corrected chi connectivity index (χ3v) is 2.27. The van der Waals surface area contributed by atoms with E-state index < -0.39 is 0 Å². The van der Waals surface area contributed by atoms with Crippen molar-refractivity contribution in [3.8, 4) is 0 Å². The maximum atomic E-state index is 11.4. The highest BCUT2D eigenvalue weighted by molar-refractivity contribution is 5.81. The highest BCUT2D eigenvalue weighted by Crippen LogP contribution is 1.93. The van der Waals surface area contributed by atoms with Crippen LogP contribution >= 0.6 is 0 Å². The second-order valence-electron chi connectivity index (χ2n) is 4.21. The minimum atomic E-state index is -0.0683. The zero-order chi connectivity index (χ0) is 13.1. The van der Waals surface area contributed by atoms with E-state index in [1.54, 1.807) is 0 Å². The first-order valence-corrected chi connectivity index (χ1v) is 6.36. The smallest absolute Gasteiger partial charge is 0.234 e. The van der Waals surface area contributed by atoms with E-state index in [-0.39, 0.29) is 30.9 Å². The Morgan fingerprint density at radius 3 is 2.29 bits per heavy atom. The first kappa shape index (κ1) is 15.9. The van der Waals surface area contributed by atoms with Gasteiger partial charge in [0.15, 0.2) is 0 Å². The summed E-state index contributed by atoms with van der Waals surface area (Å²) in [5.74, 6) is -0.129. The molecule has 5 heteroatoms. The molecule has 1 unspecified atom stereocenters. The SMILES string of the molecule is CCCNC(=O)CNCC(=O)NC(C)CCC.